The summed E-state index contributed by atoms with van der Waals surface area (Å²) in [6, 6.07) is 10.9. The Balaban J connectivity index is 1.61. The van der Waals surface area contributed by atoms with E-state index >= 15 is 0 Å². The average Bonchev–Trinajstić information content (AvgIpc) is 3.42. The fourth-order valence-electron chi connectivity index (χ4n) is 3.54. The number of thiophene rings is 1. The molecule has 0 amide bonds. The highest BCUT2D eigenvalue weighted by atomic mass is 32.2. The Bertz CT molecular complexity index is 1080. The average molecular weight is 403 g/mol. The highest BCUT2D eigenvalue weighted by Gasteiger charge is 2.39. The zero-order valence-electron chi connectivity index (χ0n) is 14.5. The molecule has 0 aliphatic carbocycles. The number of nitrogens with zero attached hydrogens (tertiary/aromatic N) is 4. The highest BCUT2D eigenvalue weighted by molar-refractivity contribution is 7.94. The molecule has 0 bridgehead atoms. The molecule has 2 aromatic heterocycles. The number of anilines is 2. The van der Waals surface area contributed by atoms with Crippen molar-refractivity contribution < 1.29 is 13.2 Å². The lowest BCUT2D eigenvalue weighted by atomic mass is 10.2. The van der Waals surface area contributed by atoms with Crippen LogP contribution in [-0.4, -0.2) is 44.3 Å². The van der Waals surface area contributed by atoms with Crippen LogP contribution in [0.2, 0.25) is 0 Å². The van der Waals surface area contributed by atoms with Gasteiger partial charge in [0.25, 0.3) is 10.0 Å². The van der Waals surface area contributed by atoms with Crippen molar-refractivity contribution in [2.75, 3.05) is 29.0 Å². The van der Waals surface area contributed by atoms with Crippen LogP contribution in [0.1, 0.15) is 12.8 Å². The maximum absolute atomic E-state index is 13.2. The van der Waals surface area contributed by atoms with Gasteiger partial charge >= 0.3 is 0 Å². The zero-order chi connectivity index (χ0) is 18.4. The third kappa shape index (κ3) is 2.86. The molecule has 1 aromatic carbocycles. The van der Waals surface area contributed by atoms with Gasteiger partial charge in [-0.25, -0.2) is 22.7 Å². The monoisotopic (exact) mass is 402 g/mol. The maximum Gasteiger partial charge on any atom is 0.276 e. The summed E-state index contributed by atoms with van der Waals surface area (Å²) in [4.78, 5) is 11.3. The van der Waals surface area contributed by atoms with E-state index in [9.17, 15) is 8.42 Å². The summed E-state index contributed by atoms with van der Waals surface area (Å²) in [6.45, 7) is 1.56. The summed E-state index contributed by atoms with van der Waals surface area (Å²) in [6.07, 6.45) is 2.10. The molecule has 0 unspecified atom stereocenters. The summed E-state index contributed by atoms with van der Waals surface area (Å²) in [5.74, 6) is 0.990. The van der Waals surface area contributed by atoms with Crippen molar-refractivity contribution in [2.24, 2.45) is 0 Å². The number of benzene rings is 1. The van der Waals surface area contributed by atoms with Crippen LogP contribution in [0.15, 0.2) is 46.0 Å². The first-order valence-corrected chi connectivity index (χ1v) is 11.1. The molecule has 0 radical (unpaired) electrons. The zero-order valence-corrected chi connectivity index (χ0v) is 16.1. The Morgan fingerprint density at radius 3 is 2.56 bits per heavy atom. The molecule has 0 saturated carbocycles. The lowest BCUT2D eigenvalue weighted by Crippen LogP contribution is -2.38. The quantitative estimate of drug-likeness (QED) is 0.668. The van der Waals surface area contributed by atoms with Gasteiger partial charge in [0.05, 0.1) is 17.1 Å². The maximum atomic E-state index is 13.2. The smallest absolute Gasteiger partial charge is 0.276 e. The number of aromatic nitrogens is 2. The molecule has 4 heterocycles. The third-order valence-corrected chi connectivity index (χ3v) is 7.95. The fourth-order valence-corrected chi connectivity index (χ4v) is 6.02. The van der Waals surface area contributed by atoms with E-state index in [1.807, 2.05) is 29.2 Å². The summed E-state index contributed by atoms with van der Waals surface area (Å²) < 4.78 is 33.8. The van der Waals surface area contributed by atoms with Gasteiger partial charge in [0.15, 0.2) is 11.6 Å². The van der Waals surface area contributed by atoms with Crippen molar-refractivity contribution in [3.63, 3.8) is 0 Å². The predicted octanol–water partition coefficient (Wildman–Crippen LogP) is 2.84. The van der Waals surface area contributed by atoms with E-state index in [2.05, 4.69) is 4.98 Å². The van der Waals surface area contributed by atoms with Crippen molar-refractivity contribution in [3.8, 4) is 0 Å². The first kappa shape index (κ1) is 16.9. The second-order valence-corrected chi connectivity index (χ2v) is 9.68. The number of hydrogen-bond donors (Lipinski definition) is 0. The second kappa shape index (κ2) is 6.43. The van der Waals surface area contributed by atoms with Gasteiger partial charge in [0.2, 0.25) is 0 Å². The molecule has 1 fully saturated rings. The second-order valence-electron chi connectivity index (χ2n) is 6.64. The van der Waals surface area contributed by atoms with Crippen LogP contribution in [0.3, 0.4) is 0 Å². The van der Waals surface area contributed by atoms with Gasteiger partial charge in [-0.05, 0) is 36.4 Å². The molecule has 0 N–H and O–H groups in total. The molecular formula is C18H18N4O3S2. The molecular weight excluding hydrogens is 384 g/mol. The van der Waals surface area contributed by atoms with Gasteiger partial charge in [0.1, 0.15) is 10.9 Å². The standard InChI is InChI=1S/C18H18N4O3S2/c23-27(24,16-8-4-10-26-16)22-12-21(11-13-5-3-9-25-13)17-18(22)20-15-7-2-1-6-14(15)19-17/h1-2,4,6-8,10,13H,3,5,9,11-12H2/t13-/m0/s1. The van der Waals surface area contributed by atoms with Crippen molar-refractivity contribution in [1.82, 2.24) is 9.97 Å². The van der Waals surface area contributed by atoms with E-state index in [0.29, 0.717) is 27.9 Å². The topological polar surface area (TPSA) is 75.6 Å². The molecule has 7 nitrogen and oxygen atoms in total. The highest BCUT2D eigenvalue weighted by Crippen LogP contribution is 2.38. The van der Waals surface area contributed by atoms with E-state index in [0.717, 1.165) is 25.0 Å². The molecule has 3 aromatic rings. The van der Waals surface area contributed by atoms with E-state index in [-0.39, 0.29) is 12.8 Å². The first-order valence-electron chi connectivity index (χ1n) is 8.82. The van der Waals surface area contributed by atoms with Gasteiger partial charge in [0, 0.05) is 13.2 Å². The first-order chi connectivity index (χ1) is 13.1. The molecule has 2 aliphatic heterocycles. The minimum atomic E-state index is -3.68. The molecule has 9 heteroatoms. The minimum Gasteiger partial charge on any atom is -0.376 e. The van der Waals surface area contributed by atoms with Gasteiger partial charge in [-0.3, -0.25) is 0 Å². The SMILES string of the molecule is O=S(=O)(c1cccs1)N1CN(C[C@@H]2CCCO2)c2nc3ccccc3nc21. The summed E-state index contributed by atoms with van der Waals surface area (Å²) >= 11 is 1.21. The Labute approximate surface area is 161 Å². The van der Waals surface area contributed by atoms with E-state index < -0.39 is 10.0 Å². The molecule has 1 saturated heterocycles. The molecule has 27 heavy (non-hydrogen) atoms. The Hall–Kier alpha value is -2.23. The number of rotatable bonds is 4. The van der Waals surface area contributed by atoms with Crippen LogP contribution in [0.25, 0.3) is 11.0 Å². The van der Waals surface area contributed by atoms with Gasteiger partial charge in [-0.2, -0.15) is 0 Å². The predicted molar refractivity (Wildman–Crippen MR) is 105 cm³/mol. The van der Waals surface area contributed by atoms with Crippen LogP contribution in [0, 0.1) is 0 Å². The fraction of sp³-hybridized carbons (Fsp3) is 0.333. The Morgan fingerprint density at radius 1 is 1.11 bits per heavy atom. The van der Waals surface area contributed by atoms with Crippen LogP contribution in [-0.2, 0) is 14.8 Å². The van der Waals surface area contributed by atoms with E-state index in [1.165, 1.54) is 15.6 Å². The van der Waals surface area contributed by atoms with Crippen molar-refractivity contribution >= 4 is 44.0 Å². The number of hydrogen-bond acceptors (Lipinski definition) is 7. The molecule has 1 atom stereocenters. The lowest BCUT2D eigenvalue weighted by molar-refractivity contribution is 0.116. The number of sulfonamides is 1. The van der Waals surface area contributed by atoms with Crippen LogP contribution in [0.5, 0.6) is 0 Å². The van der Waals surface area contributed by atoms with Gasteiger partial charge < -0.3 is 9.64 Å². The van der Waals surface area contributed by atoms with E-state index in [4.69, 9.17) is 9.72 Å². The van der Waals surface area contributed by atoms with E-state index in [1.54, 1.807) is 17.5 Å². The third-order valence-electron chi connectivity index (χ3n) is 4.86. The summed E-state index contributed by atoms with van der Waals surface area (Å²) in [7, 11) is -3.68. The molecule has 2 aliphatic rings. The Morgan fingerprint density at radius 2 is 1.89 bits per heavy atom. The van der Waals surface area contributed by atoms with Crippen LogP contribution < -0.4 is 9.21 Å². The van der Waals surface area contributed by atoms with Crippen LogP contribution in [0.4, 0.5) is 11.6 Å². The van der Waals surface area contributed by atoms with Crippen LogP contribution >= 0.6 is 11.3 Å². The van der Waals surface area contributed by atoms with Crippen molar-refractivity contribution in [2.45, 2.75) is 23.2 Å². The van der Waals surface area contributed by atoms with Gasteiger partial charge in [-0.1, -0.05) is 18.2 Å². The molecule has 5 rings (SSSR count). The van der Waals surface area contributed by atoms with Crippen molar-refractivity contribution in [1.29, 1.82) is 0 Å². The minimum absolute atomic E-state index is 0.0931. The largest absolute Gasteiger partial charge is 0.376 e. The lowest BCUT2D eigenvalue weighted by Gasteiger charge is -2.22. The molecule has 0 spiro atoms. The number of para-hydroxylation sites is 2. The normalized spacial score (nSPS) is 19.8. The summed E-state index contributed by atoms with van der Waals surface area (Å²) in [5, 5.41) is 1.76. The van der Waals surface area contributed by atoms with Crippen molar-refractivity contribution in [3.05, 3.63) is 41.8 Å². The molecule has 140 valence electrons. The summed E-state index contributed by atoms with van der Waals surface area (Å²) in [5.41, 5.74) is 1.44. The Kier molecular flexibility index (Phi) is 4.03. The van der Waals surface area contributed by atoms with Gasteiger partial charge in [-0.15, -0.1) is 11.3 Å². The number of ether oxygens (including phenoxy) is 1. The number of fused-ring (bicyclic) bond motifs is 2.